The highest BCUT2D eigenvalue weighted by atomic mass is 127. The molecular weight excluding hydrogens is 247 g/mol. The molecule has 0 heterocycles. The van der Waals surface area contributed by atoms with E-state index >= 15 is 0 Å². The lowest BCUT2D eigenvalue weighted by atomic mass is 10.1. The van der Waals surface area contributed by atoms with Crippen molar-refractivity contribution in [3.63, 3.8) is 0 Å². The van der Waals surface area contributed by atoms with Crippen molar-refractivity contribution in [3.8, 4) is 0 Å². The van der Waals surface area contributed by atoms with E-state index < -0.39 is 0 Å². The summed E-state index contributed by atoms with van der Waals surface area (Å²) in [5.41, 5.74) is 2.61. The number of hydrogen-bond donors (Lipinski definition) is 0. The minimum Gasteiger partial charge on any atom is -0.0985 e. The molecule has 0 saturated heterocycles. The lowest BCUT2D eigenvalue weighted by molar-refractivity contribution is 1.18. The van der Waals surface area contributed by atoms with Crippen LogP contribution in [-0.4, -0.2) is 4.43 Å². The van der Waals surface area contributed by atoms with Crippen molar-refractivity contribution >= 4 is 28.7 Å². The van der Waals surface area contributed by atoms with Crippen LogP contribution in [0.1, 0.15) is 11.1 Å². The molecule has 0 saturated carbocycles. The maximum atomic E-state index is 3.73. The third kappa shape index (κ3) is 2.66. The Kier molecular flexibility index (Phi) is 3.63. The van der Waals surface area contributed by atoms with Gasteiger partial charge in [0.05, 0.1) is 0 Å². The molecular formula is C10H11I. The molecule has 0 atom stereocenters. The highest BCUT2D eigenvalue weighted by Gasteiger charge is 1.90. The van der Waals surface area contributed by atoms with Gasteiger partial charge in [-0.2, -0.15) is 0 Å². The first-order chi connectivity index (χ1) is 5.36. The smallest absolute Gasteiger partial charge is 0.00358 e. The molecule has 0 N–H and O–H groups in total. The number of hydrogen-bond acceptors (Lipinski definition) is 0. The Labute approximate surface area is 81.5 Å². The molecule has 0 bridgehead atoms. The van der Waals surface area contributed by atoms with E-state index in [4.69, 9.17) is 0 Å². The standard InChI is InChI=1S/C10H11I/c1-2-9-4-3-5-10(8-9)6-7-11/h2-5,8H,1,6-7H2. The van der Waals surface area contributed by atoms with Gasteiger partial charge in [0.2, 0.25) is 0 Å². The molecule has 0 radical (unpaired) electrons. The van der Waals surface area contributed by atoms with Gasteiger partial charge in [-0.25, -0.2) is 0 Å². The Morgan fingerprint density at radius 1 is 1.45 bits per heavy atom. The van der Waals surface area contributed by atoms with E-state index in [0.29, 0.717) is 0 Å². The van der Waals surface area contributed by atoms with Gasteiger partial charge in [-0.3, -0.25) is 0 Å². The van der Waals surface area contributed by atoms with Gasteiger partial charge in [0.25, 0.3) is 0 Å². The minimum atomic E-state index is 1.16. The van der Waals surface area contributed by atoms with Gasteiger partial charge in [-0.15, -0.1) is 0 Å². The third-order valence-corrected chi connectivity index (χ3v) is 2.11. The van der Waals surface area contributed by atoms with Gasteiger partial charge in [-0.05, 0) is 17.5 Å². The summed E-state index contributed by atoms with van der Waals surface area (Å²) in [6, 6.07) is 8.50. The van der Waals surface area contributed by atoms with E-state index in [0.717, 1.165) is 6.42 Å². The van der Waals surface area contributed by atoms with Crippen LogP contribution in [0, 0.1) is 0 Å². The number of benzene rings is 1. The van der Waals surface area contributed by atoms with Crippen LogP contribution >= 0.6 is 22.6 Å². The molecule has 1 aromatic carbocycles. The van der Waals surface area contributed by atoms with Crippen LogP contribution in [0.2, 0.25) is 0 Å². The fourth-order valence-electron chi connectivity index (χ4n) is 0.985. The summed E-state index contributed by atoms with van der Waals surface area (Å²) in [6.45, 7) is 3.73. The van der Waals surface area contributed by atoms with Crippen LogP contribution < -0.4 is 0 Å². The predicted octanol–water partition coefficient (Wildman–Crippen LogP) is 3.31. The highest BCUT2D eigenvalue weighted by molar-refractivity contribution is 14.1. The average Bonchev–Trinajstić information content (AvgIpc) is 2.06. The molecule has 1 heteroatoms. The molecule has 0 aliphatic rings. The lowest BCUT2D eigenvalue weighted by Gasteiger charge is -1.98. The van der Waals surface area contributed by atoms with E-state index in [2.05, 4.69) is 53.4 Å². The van der Waals surface area contributed by atoms with Gasteiger partial charge in [0, 0.05) is 4.43 Å². The quantitative estimate of drug-likeness (QED) is 0.576. The molecule has 0 aliphatic heterocycles. The van der Waals surface area contributed by atoms with Gasteiger partial charge < -0.3 is 0 Å². The second-order valence-electron chi connectivity index (χ2n) is 2.39. The summed E-state index contributed by atoms with van der Waals surface area (Å²) in [6.07, 6.45) is 3.04. The maximum absolute atomic E-state index is 3.73. The average molecular weight is 258 g/mol. The summed E-state index contributed by atoms with van der Waals surface area (Å²) in [7, 11) is 0. The number of halogens is 1. The zero-order chi connectivity index (χ0) is 8.10. The van der Waals surface area contributed by atoms with E-state index in [-0.39, 0.29) is 0 Å². The van der Waals surface area contributed by atoms with Crippen molar-refractivity contribution in [2.45, 2.75) is 6.42 Å². The third-order valence-electron chi connectivity index (χ3n) is 1.57. The van der Waals surface area contributed by atoms with Gasteiger partial charge in [0.15, 0.2) is 0 Å². The fraction of sp³-hybridized carbons (Fsp3) is 0.200. The fourth-order valence-corrected chi connectivity index (χ4v) is 1.61. The van der Waals surface area contributed by atoms with Gasteiger partial charge >= 0.3 is 0 Å². The second-order valence-corrected chi connectivity index (χ2v) is 3.47. The highest BCUT2D eigenvalue weighted by Crippen LogP contribution is 2.07. The Bertz CT molecular complexity index is 240. The van der Waals surface area contributed by atoms with Crippen molar-refractivity contribution < 1.29 is 0 Å². The number of rotatable bonds is 3. The van der Waals surface area contributed by atoms with Crippen LogP contribution in [0.4, 0.5) is 0 Å². The first-order valence-corrected chi connectivity index (χ1v) is 5.16. The summed E-state index contributed by atoms with van der Waals surface area (Å²) in [5.74, 6) is 0. The predicted molar refractivity (Wildman–Crippen MR) is 59.1 cm³/mol. The summed E-state index contributed by atoms with van der Waals surface area (Å²) < 4.78 is 1.18. The van der Waals surface area contributed by atoms with Crippen LogP contribution in [0.25, 0.3) is 6.08 Å². The summed E-state index contributed by atoms with van der Waals surface area (Å²) >= 11 is 2.39. The largest absolute Gasteiger partial charge is 0.0985 e. The van der Waals surface area contributed by atoms with Crippen LogP contribution in [0.5, 0.6) is 0 Å². The SMILES string of the molecule is C=Cc1cccc(CCI)c1. The molecule has 1 rings (SSSR count). The van der Waals surface area contributed by atoms with Gasteiger partial charge in [-0.1, -0.05) is 59.5 Å². The summed E-state index contributed by atoms with van der Waals surface area (Å²) in [5, 5.41) is 0. The first-order valence-electron chi connectivity index (χ1n) is 3.64. The molecule has 58 valence electrons. The molecule has 0 nitrogen and oxygen atoms in total. The van der Waals surface area contributed by atoms with Crippen molar-refractivity contribution in [1.82, 2.24) is 0 Å². The van der Waals surface area contributed by atoms with Crippen molar-refractivity contribution in [1.29, 1.82) is 0 Å². The molecule has 0 unspecified atom stereocenters. The van der Waals surface area contributed by atoms with Crippen molar-refractivity contribution in [2.24, 2.45) is 0 Å². The maximum Gasteiger partial charge on any atom is 0.00358 e. The van der Waals surface area contributed by atoms with E-state index in [1.54, 1.807) is 0 Å². The Morgan fingerprint density at radius 2 is 2.27 bits per heavy atom. The van der Waals surface area contributed by atoms with Crippen LogP contribution in [-0.2, 0) is 6.42 Å². The second kappa shape index (κ2) is 4.54. The normalized spacial score (nSPS) is 9.55. The molecule has 11 heavy (non-hydrogen) atoms. The number of aryl methyl sites for hydroxylation is 1. The molecule has 0 spiro atoms. The zero-order valence-electron chi connectivity index (χ0n) is 6.39. The van der Waals surface area contributed by atoms with Crippen molar-refractivity contribution in [3.05, 3.63) is 42.0 Å². The van der Waals surface area contributed by atoms with Crippen LogP contribution in [0.15, 0.2) is 30.8 Å². The Hall–Kier alpha value is -0.310. The summed E-state index contributed by atoms with van der Waals surface area (Å²) in [4.78, 5) is 0. The zero-order valence-corrected chi connectivity index (χ0v) is 8.54. The van der Waals surface area contributed by atoms with Crippen molar-refractivity contribution in [2.75, 3.05) is 4.43 Å². The molecule has 1 aromatic rings. The van der Waals surface area contributed by atoms with E-state index in [1.165, 1.54) is 15.6 Å². The molecule has 0 aliphatic carbocycles. The molecule has 0 fully saturated rings. The lowest BCUT2D eigenvalue weighted by Crippen LogP contribution is -1.85. The molecule has 0 aromatic heterocycles. The Balaban J connectivity index is 2.82. The Morgan fingerprint density at radius 3 is 2.91 bits per heavy atom. The molecule has 0 amide bonds. The topological polar surface area (TPSA) is 0 Å². The van der Waals surface area contributed by atoms with E-state index in [9.17, 15) is 0 Å². The van der Waals surface area contributed by atoms with Gasteiger partial charge in [0.1, 0.15) is 0 Å². The van der Waals surface area contributed by atoms with E-state index in [1.807, 2.05) is 6.08 Å². The monoisotopic (exact) mass is 258 g/mol. The first kappa shape index (κ1) is 8.78. The van der Waals surface area contributed by atoms with Crippen LogP contribution in [0.3, 0.4) is 0 Å². The minimum absolute atomic E-state index is 1.16. The number of alkyl halides is 1.